The Morgan fingerprint density at radius 2 is 2.29 bits per heavy atom. The fourth-order valence-corrected chi connectivity index (χ4v) is 1.63. The molecule has 1 heterocycles. The number of methoxy groups -OCH3 is 1. The Kier molecular flexibility index (Phi) is 5.77. The molecule has 96 valence electrons. The van der Waals surface area contributed by atoms with Gasteiger partial charge in [0.05, 0.1) is 13.5 Å². The molecule has 0 aliphatic rings. The molecule has 0 radical (unpaired) electrons. The van der Waals surface area contributed by atoms with E-state index in [1.165, 1.54) is 12.8 Å². The highest BCUT2D eigenvalue weighted by Gasteiger charge is 2.04. The summed E-state index contributed by atoms with van der Waals surface area (Å²) >= 11 is 0. The van der Waals surface area contributed by atoms with Gasteiger partial charge in [0.1, 0.15) is 0 Å². The smallest absolute Gasteiger partial charge is 0.307 e. The lowest BCUT2D eigenvalue weighted by Gasteiger charge is -2.11. The highest BCUT2D eigenvalue weighted by Crippen LogP contribution is 2.04. The van der Waals surface area contributed by atoms with Gasteiger partial charge < -0.3 is 14.6 Å². The maximum Gasteiger partial charge on any atom is 0.307 e. The van der Waals surface area contributed by atoms with Crippen molar-refractivity contribution in [2.45, 2.75) is 33.4 Å². The van der Waals surface area contributed by atoms with Crippen molar-refractivity contribution < 1.29 is 9.53 Å². The molecule has 0 amide bonds. The fraction of sp³-hybridized carbons (Fsp3) is 0.615. The Labute approximate surface area is 103 Å². The molecule has 0 fully saturated rings. The molecule has 0 aromatic carbocycles. The van der Waals surface area contributed by atoms with Crippen LogP contribution in [0.3, 0.4) is 0 Å². The zero-order chi connectivity index (χ0) is 12.7. The van der Waals surface area contributed by atoms with E-state index in [2.05, 4.69) is 34.5 Å². The zero-order valence-electron chi connectivity index (χ0n) is 10.9. The van der Waals surface area contributed by atoms with Crippen LogP contribution in [0.25, 0.3) is 0 Å². The Morgan fingerprint density at radius 1 is 1.53 bits per heavy atom. The lowest BCUT2D eigenvalue weighted by Crippen LogP contribution is -2.21. The molecule has 1 N–H and O–H groups in total. The summed E-state index contributed by atoms with van der Waals surface area (Å²) in [5.41, 5.74) is 1.20. The summed E-state index contributed by atoms with van der Waals surface area (Å²) < 4.78 is 6.72. The van der Waals surface area contributed by atoms with Gasteiger partial charge in [-0.25, -0.2) is 0 Å². The first kappa shape index (κ1) is 13.8. The molecular weight excluding hydrogens is 216 g/mol. The molecule has 1 aromatic heterocycles. The molecule has 17 heavy (non-hydrogen) atoms. The van der Waals surface area contributed by atoms with Crippen LogP contribution >= 0.6 is 0 Å². The van der Waals surface area contributed by atoms with E-state index in [9.17, 15) is 4.79 Å². The van der Waals surface area contributed by atoms with E-state index in [1.807, 2.05) is 12.3 Å². The largest absolute Gasteiger partial charge is 0.469 e. The monoisotopic (exact) mass is 238 g/mol. The van der Waals surface area contributed by atoms with E-state index in [1.54, 1.807) is 0 Å². The van der Waals surface area contributed by atoms with Gasteiger partial charge in [0.2, 0.25) is 0 Å². The summed E-state index contributed by atoms with van der Waals surface area (Å²) in [6.45, 7) is 6.89. The van der Waals surface area contributed by atoms with Crippen molar-refractivity contribution in [1.82, 2.24) is 9.88 Å². The highest BCUT2D eigenvalue weighted by molar-refractivity contribution is 5.68. The molecule has 4 nitrogen and oxygen atoms in total. The summed E-state index contributed by atoms with van der Waals surface area (Å²) in [5.74, 6) is 0.480. The predicted molar refractivity (Wildman–Crippen MR) is 67.6 cm³/mol. The summed E-state index contributed by atoms with van der Waals surface area (Å²) in [6, 6.07) is 4.08. The number of hydrogen-bond acceptors (Lipinski definition) is 3. The average molecular weight is 238 g/mol. The van der Waals surface area contributed by atoms with Gasteiger partial charge in [-0.3, -0.25) is 4.79 Å². The Bertz CT molecular complexity index is 345. The summed E-state index contributed by atoms with van der Waals surface area (Å²) in [4.78, 5) is 11.1. The van der Waals surface area contributed by atoms with Gasteiger partial charge in [-0.2, -0.15) is 0 Å². The third kappa shape index (κ3) is 5.04. The summed E-state index contributed by atoms with van der Waals surface area (Å²) in [6.07, 6.45) is 2.41. The number of rotatable bonds is 7. The van der Waals surface area contributed by atoms with Gasteiger partial charge in [-0.1, -0.05) is 13.8 Å². The van der Waals surface area contributed by atoms with Gasteiger partial charge in [0, 0.05) is 25.0 Å². The number of esters is 1. The Morgan fingerprint density at radius 3 is 2.94 bits per heavy atom. The molecule has 0 saturated carbocycles. The minimum Gasteiger partial charge on any atom is -0.469 e. The molecular formula is C13H22N2O2. The highest BCUT2D eigenvalue weighted by atomic mass is 16.5. The lowest BCUT2D eigenvalue weighted by molar-refractivity contribution is -0.140. The first-order valence-electron chi connectivity index (χ1n) is 6.05. The normalized spacial score (nSPS) is 10.8. The molecule has 0 spiro atoms. The predicted octanol–water partition coefficient (Wildman–Crippen LogP) is 1.80. The van der Waals surface area contributed by atoms with Crippen LogP contribution in [0.15, 0.2) is 18.3 Å². The Hall–Kier alpha value is -1.29. The minimum absolute atomic E-state index is 0.167. The number of nitrogens with zero attached hydrogens (tertiary/aromatic N) is 1. The molecule has 0 unspecified atom stereocenters. The van der Waals surface area contributed by atoms with E-state index >= 15 is 0 Å². The summed E-state index contributed by atoms with van der Waals surface area (Å²) in [5, 5.41) is 3.39. The topological polar surface area (TPSA) is 43.3 Å². The first-order chi connectivity index (χ1) is 8.13. The number of ether oxygens (including phenoxy) is 1. The van der Waals surface area contributed by atoms with Crippen LogP contribution in [-0.4, -0.2) is 24.2 Å². The van der Waals surface area contributed by atoms with Gasteiger partial charge in [-0.05, 0) is 24.6 Å². The van der Waals surface area contributed by atoms with E-state index in [4.69, 9.17) is 0 Å². The second kappa shape index (κ2) is 7.12. The maximum absolute atomic E-state index is 11.1. The average Bonchev–Trinajstić information content (AvgIpc) is 2.73. The van der Waals surface area contributed by atoms with Crippen LogP contribution in [0.5, 0.6) is 0 Å². The molecule has 0 saturated heterocycles. The number of carbonyl (C=O) groups is 1. The number of nitrogens with one attached hydrogen (secondary N) is 1. The van der Waals surface area contributed by atoms with E-state index in [0.717, 1.165) is 13.1 Å². The van der Waals surface area contributed by atoms with Crippen molar-refractivity contribution in [3.63, 3.8) is 0 Å². The van der Waals surface area contributed by atoms with E-state index in [0.29, 0.717) is 18.9 Å². The van der Waals surface area contributed by atoms with Crippen LogP contribution in [0.1, 0.15) is 26.0 Å². The van der Waals surface area contributed by atoms with Crippen LogP contribution in [0, 0.1) is 5.92 Å². The van der Waals surface area contributed by atoms with Crippen molar-refractivity contribution in [2.24, 2.45) is 5.92 Å². The number of hydrogen-bond donors (Lipinski definition) is 1. The van der Waals surface area contributed by atoms with Crippen LogP contribution in [0.4, 0.5) is 0 Å². The Balaban J connectivity index is 2.40. The molecule has 4 heteroatoms. The van der Waals surface area contributed by atoms with Crippen molar-refractivity contribution in [1.29, 1.82) is 0 Å². The summed E-state index contributed by atoms with van der Waals surface area (Å²) in [7, 11) is 1.42. The molecule has 1 aromatic rings. The second-order valence-electron chi connectivity index (χ2n) is 4.54. The lowest BCUT2D eigenvalue weighted by atomic mass is 10.2. The van der Waals surface area contributed by atoms with Gasteiger partial charge in [-0.15, -0.1) is 0 Å². The second-order valence-corrected chi connectivity index (χ2v) is 4.54. The van der Waals surface area contributed by atoms with Crippen LogP contribution < -0.4 is 5.32 Å². The standard InChI is InChI=1S/C13H22N2O2/c1-11(2)9-14-10-12-5-4-7-15(12)8-6-13(16)17-3/h4-5,7,11,14H,6,8-10H2,1-3H3. The van der Waals surface area contributed by atoms with Crippen molar-refractivity contribution in [3.05, 3.63) is 24.0 Å². The molecule has 0 aliphatic carbocycles. The third-order valence-electron chi connectivity index (χ3n) is 2.57. The van der Waals surface area contributed by atoms with Gasteiger partial charge in [0.25, 0.3) is 0 Å². The molecule has 0 aliphatic heterocycles. The number of aromatic nitrogens is 1. The quantitative estimate of drug-likeness (QED) is 0.737. The number of carbonyl (C=O) groups excluding carboxylic acids is 1. The van der Waals surface area contributed by atoms with Crippen molar-refractivity contribution >= 4 is 5.97 Å². The van der Waals surface area contributed by atoms with Gasteiger partial charge in [0.15, 0.2) is 0 Å². The van der Waals surface area contributed by atoms with Crippen molar-refractivity contribution in [3.8, 4) is 0 Å². The zero-order valence-corrected chi connectivity index (χ0v) is 10.9. The number of aryl methyl sites for hydroxylation is 1. The minimum atomic E-state index is -0.167. The fourth-order valence-electron chi connectivity index (χ4n) is 1.63. The van der Waals surface area contributed by atoms with E-state index in [-0.39, 0.29) is 5.97 Å². The van der Waals surface area contributed by atoms with Crippen LogP contribution in [0.2, 0.25) is 0 Å². The van der Waals surface area contributed by atoms with Crippen molar-refractivity contribution in [2.75, 3.05) is 13.7 Å². The SMILES string of the molecule is COC(=O)CCn1cccc1CNCC(C)C. The third-order valence-corrected chi connectivity index (χ3v) is 2.57. The van der Waals surface area contributed by atoms with Gasteiger partial charge >= 0.3 is 5.97 Å². The first-order valence-corrected chi connectivity index (χ1v) is 6.05. The molecule has 0 atom stereocenters. The van der Waals surface area contributed by atoms with Crippen LogP contribution in [-0.2, 0) is 22.6 Å². The molecule has 0 bridgehead atoms. The molecule has 1 rings (SSSR count). The van der Waals surface area contributed by atoms with E-state index < -0.39 is 0 Å². The maximum atomic E-state index is 11.1.